The van der Waals surface area contributed by atoms with Crippen molar-refractivity contribution in [1.82, 2.24) is 4.98 Å². The molecule has 1 aliphatic rings. The lowest BCUT2D eigenvalue weighted by Crippen LogP contribution is -2.31. The summed E-state index contributed by atoms with van der Waals surface area (Å²) in [5.41, 5.74) is 0.918. The smallest absolute Gasteiger partial charge is 0.306 e. The standard InChI is InChI=1S/C14H20N2O3/c1-19-13-8-11(6-7-15-13)16-9-10-4-2-3-5-12(10)14(17)18/h6-8,10,12H,2-5,9H2,1H3,(H,15,16)(H,17,18). The number of nitrogens with one attached hydrogen (secondary N) is 1. The zero-order chi connectivity index (χ0) is 13.7. The average molecular weight is 264 g/mol. The normalized spacial score (nSPS) is 22.8. The molecule has 2 atom stereocenters. The minimum atomic E-state index is -0.668. The maximum Gasteiger partial charge on any atom is 0.306 e. The second-order valence-electron chi connectivity index (χ2n) is 4.96. The number of aromatic nitrogens is 1. The van der Waals surface area contributed by atoms with E-state index >= 15 is 0 Å². The summed E-state index contributed by atoms with van der Waals surface area (Å²) in [6.07, 6.45) is 5.59. The molecular weight excluding hydrogens is 244 g/mol. The van der Waals surface area contributed by atoms with Gasteiger partial charge in [-0.25, -0.2) is 4.98 Å². The number of hydrogen-bond donors (Lipinski definition) is 2. The molecule has 0 amide bonds. The number of methoxy groups -OCH3 is 1. The Balaban J connectivity index is 1.94. The highest BCUT2D eigenvalue weighted by Crippen LogP contribution is 2.30. The summed E-state index contributed by atoms with van der Waals surface area (Å²) in [6, 6.07) is 3.68. The monoisotopic (exact) mass is 264 g/mol. The van der Waals surface area contributed by atoms with Crippen LogP contribution in [0, 0.1) is 11.8 Å². The zero-order valence-corrected chi connectivity index (χ0v) is 11.1. The predicted octanol–water partition coefficient (Wildman–Crippen LogP) is 2.39. The first kappa shape index (κ1) is 13.6. The Labute approximate surface area is 113 Å². The summed E-state index contributed by atoms with van der Waals surface area (Å²) in [4.78, 5) is 15.3. The summed E-state index contributed by atoms with van der Waals surface area (Å²) < 4.78 is 5.06. The number of ether oxygens (including phenoxy) is 1. The second-order valence-corrected chi connectivity index (χ2v) is 4.96. The van der Waals surface area contributed by atoms with Crippen LogP contribution in [-0.2, 0) is 4.79 Å². The SMILES string of the molecule is COc1cc(NCC2CCCCC2C(=O)O)ccn1. The Morgan fingerprint density at radius 1 is 1.53 bits per heavy atom. The van der Waals surface area contributed by atoms with Gasteiger partial charge in [-0.2, -0.15) is 0 Å². The minimum Gasteiger partial charge on any atom is -0.481 e. The maximum absolute atomic E-state index is 11.2. The number of rotatable bonds is 5. The van der Waals surface area contributed by atoms with Gasteiger partial charge >= 0.3 is 5.97 Å². The van der Waals surface area contributed by atoms with Gasteiger partial charge in [0.05, 0.1) is 13.0 Å². The Kier molecular flexibility index (Phi) is 4.60. The molecule has 0 saturated heterocycles. The molecule has 5 nitrogen and oxygen atoms in total. The number of hydrogen-bond acceptors (Lipinski definition) is 4. The molecule has 2 N–H and O–H groups in total. The lowest BCUT2D eigenvalue weighted by Gasteiger charge is -2.28. The largest absolute Gasteiger partial charge is 0.481 e. The van der Waals surface area contributed by atoms with Crippen LogP contribution in [0.2, 0.25) is 0 Å². The van der Waals surface area contributed by atoms with Crippen LogP contribution in [0.4, 0.5) is 5.69 Å². The Morgan fingerprint density at radius 3 is 3.05 bits per heavy atom. The van der Waals surface area contributed by atoms with Gasteiger partial charge in [-0.15, -0.1) is 0 Å². The van der Waals surface area contributed by atoms with Gasteiger partial charge in [0.1, 0.15) is 0 Å². The fourth-order valence-corrected chi connectivity index (χ4v) is 2.66. The number of nitrogens with zero attached hydrogens (tertiary/aromatic N) is 1. The van der Waals surface area contributed by atoms with E-state index in [1.807, 2.05) is 12.1 Å². The lowest BCUT2D eigenvalue weighted by atomic mass is 9.79. The molecule has 5 heteroatoms. The third-order valence-electron chi connectivity index (χ3n) is 3.74. The lowest BCUT2D eigenvalue weighted by molar-refractivity contribution is -0.144. The molecule has 1 saturated carbocycles. The van der Waals surface area contributed by atoms with Gasteiger partial charge in [0.2, 0.25) is 5.88 Å². The fourth-order valence-electron chi connectivity index (χ4n) is 2.66. The first-order chi connectivity index (χ1) is 9.20. The predicted molar refractivity (Wildman–Crippen MR) is 72.4 cm³/mol. The van der Waals surface area contributed by atoms with Crippen LogP contribution in [-0.4, -0.2) is 29.7 Å². The minimum absolute atomic E-state index is 0.199. The molecule has 0 aromatic carbocycles. The highest BCUT2D eigenvalue weighted by Gasteiger charge is 2.30. The van der Waals surface area contributed by atoms with E-state index in [1.54, 1.807) is 13.3 Å². The topological polar surface area (TPSA) is 71.5 Å². The Morgan fingerprint density at radius 2 is 2.32 bits per heavy atom. The summed E-state index contributed by atoms with van der Waals surface area (Å²) in [5, 5.41) is 12.5. The van der Waals surface area contributed by atoms with Crippen LogP contribution in [0.15, 0.2) is 18.3 Å². The highest BCUT2D eigenvalue weighted by atomic mass is 16.5. The summed E-state index contributed by atoms with van der Waals surface area (Å²) in [5.74, 6) is -0.127. The summed E-state index contributed by atoms with van der Waals surface area (Å²) >= 11 is 0. The molecule has 1 aromatic heterocycles. The number of carbonyl (C=O) groups is 1. The molecular formula is C14H20N2O3. The van der Waals surface area contributed by atoms with Crippen molar-refractivity contribution >= 4 is 11.7 Å². The molecule has 19 heavy (non-hydrogen) atoms. The van der Waals surface area contributed by atoms with E-state index in [2.05, 4.69) is 10.3 Å². The van der Waals surface area contributed by atoms with E-state index in [4.69, 9.17) is 4.74 Å². The van der Waals surface area contributed by atoms with E-state index in [1.165, 1.54) is 0 Å². The van der Waals surface area contributed by atoms with Crippen molar-refractivity contribution in [2.24, 2.45) is 11.8 Å². The highest BCUT2D eigenvalue weighted by molar-refractivity contribution is 5.70. The number of anilines is 1. The van der Waals surface area contributed by atoms with Gasteiger partial charge in [-0.3, -0.25) is 4.79 Å². The summed E-state index contributed by atoms with van der Waals surface area (Å²) in [6.45, 7) is 0.685. The van der Waals surface area contributed by atoms with Gasteiger partial charge < -0.3 is 15.2 Å². The average Bonchev–Trinajstić information content (AvgIpc) is 2.45. The van der Waals surface area contributed by atoms with Crippen LogP contribution in [0.1, 0.15) is 25.7 Å². The molecule has 0 aliphatic heterocycles. The van der Waals surface area contributed by atoms with E-state index in [-0.39, 0.29) is 11.8 Å². The zero-order valence-electron chi connectivity index (χ0n) is 11.1. The van der Waals surface area contributed by atoms with Crippen LogP contribution < -0.4 is 10.1 Å². The van der Waals surface area contributed by atoms with Crippen LogP contribution in [0.25, 0.3) is 0 Å². The summed E-state index contributed by atoms with van der Waals surface area (Å²) in [7, 11) is 1.58. The Hall–Kier alpha value is -1.78. The van der Waals surface area contributed by atoms with Crippen molar-refractivity contribution in [2.75, 3.05) is 19.0 Å². The van der Waals surface area contributed by atoms with E-state index < -0.39 is 5.97 Å². The van der Waals surface area contributed by atoms with Gasteiger partial charge in [-0.1, -0.05) is 12.8 Å². The first-order valence-corrected chi connectivity index (χ1v) is 6.67. The van der Waals surface area contributed by atoms with Crippen molar-refractivity contribution in [3.05, 3.63) is 18.3 Å². The molecule has 0 bridgehead atoms. The number of aliphatic carboxylic acids is 1. The van der Waals surface area contributed by atoms with Crippen molar-refractivity contribution in [3.8, 4) is 5.88 Å². The second kappa shape index (κ2) is 6.41. The molecule has 2 unspecified atom stereocenters. The van der Waals surface area contributed by atoms with Crippen LogP contribution in [0.3, 0.4) is 0 Å². The van der Waals surface area contributed by atoms with Gasteiger partial charge in [0.25, 0.3) is 0 Å². The van der Waals surface area contributed by atoms with Gasteiger partial charge in [0.15, 0.2) is 0 Å². The van der Waals surface area contributed by atoms with Gasteiger partial charge in [0, 0.05) is 24.5 Å². The van der Waals surface area contributed by atoms with E-state index in [9.17, 15) is 9.90 Å². The van der Waals surface area contributed by atoms with E-state index in [0.29, 0.717) is 12.4 Å². The number of carboxylic acid groups (broad SMARTS) is 1. The molecule has 2 rings (SSSR count). The molecule has 1 heterocycles. The van der Waals surface area contributed by atoms with Crippen molar-refractivity contribution in [2.45, 2.75) is 25.7 Å². The first-order valence-electron chi connectivity index (χ1n) is 6.67. The third-order valence-corrected chi connectivity index (χ3v) is 3.74. The van der Waals surface area contributed by atoms with E-state index in [0.717, 1.165) is 31.4 Å². The molecule has 104 valence electrons. The number of carboxylic acids is 1. The van der Waals surface area contributed by atoms with Crippen molar-refractivity contribution in [3.63, 3.8) is 0 Å². The molecule has 1 aromatic rings. The molecule has 0 radical (unpaired) electrons. The fraction of sp³-hybridized carbons (Fsp3) is 0.571. The quantitative estimate of drug-likeness (QED) is 0.854. The maximum atomic E-state index is 11.2. The third kappa shape index (κ3) is 3.59. The number of pyridine rings is 1. The van der Waals surface area contributed by atoms with Crippen molar-refractivity contribution in [1.29, 1.82) is 0 Å². The van der Waals surface area contributed by atoms with Gasteiger partial charge in [-0.05, 0) is 24.8 Å². The van der Waals surface area contributed by atoms with Crippen molar-refractivity contribution < 1.29 is 14.6 Å². The molecule has 1 fully saturated rings. The molecule has 0 spiro atoms. The Bertz CT molecular complexity index is 436. The van der Waals surface area contributed by atoms with Crippen LogP contribution in [0.5, 0.6) is 5.88 Å². The molecule has 1 aliphatic carbocycles. The van der Waals surface area contributed by atoms with Crippen LogP contribution >= 0.6 is 0 Å².